The molecule has 0 heterocycles. The molecule has 106 valence electrons. The van der Waals surface area contributed by atoms with Crippen molar-refractivity contribution in [2.24, 2.45) is 0 Å². The molecule has 0 aliphatic carbocycles. The molecule has 2 aromatic carbocycles. The van der Waals surface area contributed by atoms with E-state index in [-0.39, 0.29) is 16.5 Å². The van der Waals surface area contributed by atoms with Crippen molar-refractivity contribution < 1.29 is 13.9 Å². The summed E-state index contributed by atoms with van der Waals surface area (Å²) in [5.74, 6) is -1.39. The van der Waals surface area contributed by atoms with Gasteiger partial charge in [0.25, 0.3) is 0 Å². The van der Waals surface area contributed by atoms with Gasteiger partial charge in [0.2, 0.25) is 0 Å². The first-order valence-electron chi connectivity index (χ1n) is 5.65. The fourth-order valence-corrected chi connectivity index (χ4v) is 2.59. The molecule has 6 heteroatoms. The zero-order valence-corrected chi connectivity index (χ0v) is 13.9. The van der Waals surface area contributed by atoms with Crippen LogP contribution in [0.4, 0.5) is 8.78 Å². The number of aliphatic hydroxyl groups is 1. The van der Waals surface area contributed by atoms with Crippen molar-refractivity contribution in [2.45, 2.75) is 12.5 Å². The molecule has 2 aromatic rings. The molecule has 0 aromatic heterocycles. The van der Waals surface area contributed by atoms with E-state index in [0.29, 0.717) is 15.1 Å². The average molecular weight is 426 g/mol. The van der Waals surface area contributed by atoms with Crippen LogP contribution in [-0.4, -0.2) is 5.11 Å². The summed E-state index contributed by atoms with van der Waals surface area (Å²) < 4.78 is 28.3. The predicted molar refractivity (Wildman–Crippen MR) is 81.9 cm³/mol. The molecule has 0 radical (unpaired) electrons. The van der Waals surface area contributed by atoms with E-state index >= 15 is 0 Å². The van der Waals surface area contributed by atoms with Crippen LogP contribution in [0.3, 0.4) is 0 Å². The van der Waals surface area contributed by atoms with E-state index in [9.17, 15) is 13.9 Å². The maximum absolute atomic E-state index is 13.9. The van der Waals surface area contributed by atoms with Gasteiger partial charge in [-0.2, -0.15) is 0 Å². The Bertz CT molecular complexity index is 649. The summed E-state index contributed by atoms with van der Waals surface area (Å²) in [5.41, 5.74) is 0.336. The Labute approximate surface area is 136 Å². The number of hydrogen-bond donors (Lipinski definition) is 1. The minimum atomic E-state index is -1.04. The molecule has 0 saturated heterocycles. The molecule has 0 bridgehead atoms. The second kappa shape index (κ2) is 6.52. The lowest BCUT2D eigenvalue weighted by atomic mass is 10.0. The molecule has 20 heavy (non-hydrogen) atoms. The molecule has 1 N–H and O–H groups in total. The number of hydrogen-bond acceptors (Lipinski definition) is 1. The molecule has 2 rings (SSSR count). The quantitative estimate of drug-likeness (QED) is 0.650. The van der Waals surface area contributed by atoms with Crippen molar-refractivity contribution in [1.29, 1.82) is 0 Å². The highest BCUT2D eigenvalue weighted by Crippen LogP contribution is 2.30. The molecule has 1 unspecified atom stereocenters. The zero-order valence-electron chi connectivity index (χ0n) is 10.0. The normalized spacial score (nSPS) is 12.5. The molecular formula is C14H9Br2ClF2O. The molecule has 0 saturated carbocycles. The summed E-state index contributed by atoms with van der Waals surface area (Å²) in [6, 6.07) is 7.33. The van der Waals surface area contributed by atoms with Gasteiger partial charge in [-0.1, -0.05) is 17.7 Å². The summed E-state index contributed by atoms with van der Waals surface area (Å²) in [4.78, 5) is 0. The summed E-state index contributed by atoms with van der Waals surface area (Å²) in [6.07, 6.45) is -1.21. The smallest absolute Gasteiger partial charge is 0.143 e. The number of rotatable bonds is 3. The molecule has 1 atom stereocenters. The molecule has 1 nitrogen and oxygen atoms in total. The Morgan fingerprint density at radius 2 is 1.75 bits per heavy atom. The second-order valence-corrected chi connectivity index (χ2v) is 6.33. The maximum atomic E-state index is 13.9. The van der Waals surface area contributed by atoms with E-state index in [1.807, 2.05) is 0 Å². The third-order valence-corrected chi connectivity index (χ3v) is 4.71. The van der Waals surface area contributed by atoms with Gasteiger partial charge in [-0.05, 0) is 61.7 Å². The topological polar surface area (TPSA) is 20.2 Å². The number of halogens is 5. The predicted octanol–water partition coefficient (Wildman–Crippen LogP) is 5.42. The van der Waals surface area contributed by atoms with E-state index in [1.54, 1.807) is 18.2 Å². The fraction of sp³-hybridized carbons (Fsp3) is 0.143. The highest BCUT2D eigenvalue weighted by molar-refractivity contribution is 9.10. The van der Waals surface area contributed by atoms with E-state index in [0.717, 1.165) is 6.07 Å². The van der Waals surface area contributed by atoms with Crippen LogP contribution in [0.15, 0.2) is 39.3 Å². The van der Waals surface area contributed by atoms with Crippen LogP contribution in [0.2, 0.25) is 5.02 Å². The Kier molecular flexibility index (Phi) is 5.18. The molecule has 0 spiro atoms. The van der Waals surface area contributed by atoms with Gasteiger partial charge in [0.1, 0.15) is 11.6 Å². The number of aliphatic hydroxyl groups excluding tert-OH is 1. The van der Waals surface area contributed by atoms with E-state index in [2.05, 4.69) is 31.9 Å². The molecule has 0 amide bonds. The highest BCUT2D eigenvalue weighted by atomic mass is 79.9. The lowest BCUT2D eigenvalue weighted by Crippen LogP contribution is -2.06. The molecular weight excluding hydrogens is 417 g/mol. The zero-order chi connectivity index (χ0) is 14.9. The SMILES string of the molecule is OC(Cc1c(F)ccc(Br)c1F)c1ccc(Br)c(Cl)c1. The van der Waals surface area contributed by atoms with Gasteiger partial charge < -0.3 is 5.11 Å². The molecule has 0 aliphatic rings. The van der Waals surface area contributed by atoms with Crippen molar-refractivity contribution in [3.8, 4) is 0 Å². The van der Waals surface area contributed by atoms with Crippen molar-refractivity contribution in [1.82, 2.24) is 0 Å². The summed E-state index contributed by atoms with van der Waals surface area (Å²) in [7, 11) is 0. The fourth-order valence-electron chi connectivity index (χ4n) is 1.79. The lowest BCUT2D eigenvalue weighted by Gasteiger charge is -2.13. The minimum absolute atomic E-state index is 0.161. The summed E-state index contributed by atoms with van der Waals surface area (Å²) >= 11 is 12.2. The van der Waals surface area contributed by atoms with Crippen LogP contribution >= 0.6 is 43.5 Å². The highest BCUT2D eigenvalue weighted by Gasteiger charge is 2.18. The monoisotopic (exact) mass is 424 g/mol. The number of benzene rings is 2. The first-order valence-corrected chi connectivity index (χ1v) is 7.62. The third kappa shape index (κ3) is 3.39. The average Bonchev–Trinajstić information content (AvgIpc) is 2.42. The van der Waals surface area contributed by atoms with Gasteiger partial charge in [-0.3, -0.25) is 0 Å². The van der Waals surface area contributed by atoms with Crippen molar-refractivity contribution >= 4 is 43.5 Å². The van der Waals surface area contributed by atoms with Crippen LogP contribution < -0.4 is 0 Å². The maximum Gasteiger partial charge on any atom is 0.143 e. The van der Waals surface area contributed by atoms with E-state index in [4.69, 9.17) is 11.6 Å². The van der Waals surface area contributed by atoms with Gasteiger partial charge in [0.05, 0.1) is 15.6 Å². The standard InChI is InChI=1S/C14H9Br2ClF2O/c15-9-2-1-7(5-11(9)17)13(20)6-8-12(18)4-3-10(16)14(8)19/h1-5,13,20H,6H2. The summed E-state index contributed by atoms with van der Waals surface area (Å²) in [6.45, 7) is 0. The van der Waals surface area contributed by atoms with E-state index in [1.165, 1.54) is 6.07 Å². The van der Waals surface area contributed by atoms with Crippen LogP contribution in [0.1, 0.15) is 17.2 Å². The summed E-state index contributed by atoms with van der Waals surface area (Å²) in [5, 5.41) is 10.5. The van der Waals surface area contributed by atoms with Gasteiger partial charge in [-0.25, -0.2) is 8.78 Å². The Morgan fingerprint density at radius 1 is 1.10 bits per heavy atom. The van der Waals surface area contributed by atoms with Crippen LogP contribution in [0, 0.1) is 11.6 Å². The largest absolute Gasteiger partial charge is 0.388 e. The van der Waals surface area contributed by atoms with Crippen LogP contribution in [0.5, 0.6) is 0 Å². The first-order chi connectivity index (χ1) is 9.40. The van der Waals surface area contributed by atoms with Gasteiger partial charge in [0, 0.05) is 16.5 Å². The van der Waals surface area contributed by atoms with Gasteiger partial charge >= 0.3 is 0 Å². The second-order valence-electron chi connectivity index (χ2n) is 4.22. The van der Waals surface area contributed by atoms with Gasteiger partial charge in [0.15, 0.2) is 0 Å². The van der Waals surface area contributed by atoms with Crippen LogP contribution in [-0.2, 0) is 6.42 Å². The Hall–Kier alpha value is -0.490. The Morgan fingerprint density at radius 3 is 2.40 bits per heavy atom. The first kappa shape index (κ1) is 15.9. The van der Waals surface area contributed by atoms with Crippen molar-refractivity contribution in [2.75, 3.05) is 0 Å². The molecule has 0 fully saturated rings. The van der Waals surface area contributed by atoms with Crippen LogP contribution in [0.25, 0.3) is 0 Å². The van der Waals surface area contributed by atoms with Crippen molar-refractivity contribution in [3.05, 3.63) is 67.1 Å². The Balaban J connectivity index is 2.30. The third-order valence-electron chi connectivity index (χ3n) is 2.86. The lowest BCUT2D eigenvalue weighted by molar-refractivity contribution is 0.175. The molecule has 0 aliphatic heterocycles. The minimum Gasteiger partial charge on any atom is -0.388 e. The van der Waals surface area contributed by atoms with E-state index < -0.39 is 17.7 Å². The van der Waals surface area contributed by atoms with Crippen molar-refractivity contribution in [3.63, 3.8) is 0 Å². The van der Waals surface area contributed by atoms with Gasteiger partial charge in [-0.15, -0.1) is 0 Å².